The minimum atomic E-state index is -1.19. The molecule has 3 heterocycles. The van der Waals surface area contributed by atoms with Gasteiger partial charge in [-0.15, -0.1) is 0 Å². The molecule has 108 valence electrons. The first kappa shape index (κ1) is 13.4. The quantitative estimate of drug-likeness (QED) is 0.680. The Bertz CT molecular complexity index is 699. The topological polar surface area (TPSA) is 123 Å². The van der Waals surface area contributed by atoms with Gasteiger partial charge >= 0.3 is 4.87 Å². The summed E-state index contributed by atoms with van der Waals surface area (Å²) in [6, 6.07) is 0. The molecule has 0 aromatic carbocycles. The monoisotopic (exact) mass is 298 g/mol. The van der Waals surface area contributed by atoms with Gasteiger partial charge in [-0.05, 0) is 6.42 Å². The Balaban J connectivity index is 2.13. The minimum Gasteiger partial charge on any atom is -0.388 e. The van der Waals surface area contributed by atoms with Crippen LogP contribution >= 0.6 is 11.3 Å². The number of fused-ring (bicyclic) bond motifs is 1. The lowest BCUT2D eigenvalue weighted by molar-refractivity contribution is -0.0365. The van der Waals surface area contributed by atoms with E-state index in [1.165, 1.54) is 10.8 Å². The van der Waals surface area contributed by atoms with Crippen LogP contribution < -0.4 is 10.6 Å². The first-order chi connectivity index (χ1) is 9.52. The van der Waals surface area contributed by atoms with Gasteiger partial charge in [-0.25, -0.2) is 4.98 Å². The Morgan fingerprint density at radius 3 is 2.90 bits per heavy atom. The van der Waals surface area contributed by atoms with Crippen LogP contribution in [0.2, 0.25) is 0 Å². The summed E-state index contributed by atoms with van der Waals surface area (Å²) in [5.41, 5.74) is 5.84. The first-order valence-electron chi connectivity index (χ1n) is 6.18. The molecule has 0 unspecified atom stereocenters. The lowest BCUT2D eigenvalue weighted by Crippen LogP contribution is -2.33. The lowest BCUT2D eigenvalue weighted by atomic mass is 10.1. The normalized spacial score (nSPS) is 30.1. The highest BCUT2D eigenvalue weighted by molar-refractivity contribution is 7.16. The summed E-state index contributed by atoms with van der Waals surface area (Å²) in [5.74, 6) is 0.0316. The van der Waals surface area contributed by atoms with Gasteiger partial charge < -0.3 is 20.7 Å². The zero-order valence-corrected chi connectivity index (χ0v) is 11.4. The number of anilines is 1. The molecular weight excluding hydrogens is 284 g/mol. The number of rotatable bonds is 2. The van der Waals surface area contributed by atoms with Crippen molar-refractivity contribution in [3.8, 4) is 0 Å². The summed E-state index contributed by atoms with van der Waals surface area (Å²) in [7, 11) is 0. The van der Waals surface area contributed by atoms with Crippen LogP contribution in [-0.2, 0) is 4.74 Å². The highest BCUT2D eigenvalue weighted by Gasteiger charge is 2.44. The van der Waals surface area contributed by atoms with E-state index in [4.69, 9.17) is 10.5 Å². The van der Waals surface area contributed by atoms with Gasteiger partial charge in [0.05, 0.1) is 17.0 Å². The number of aliphatic hydroxyl groups excluding tert-OH is 2. The largest absolute Gasteiger partial charge is 0.388 e. The van der Waals surface area contributed by atoms with Crippen LogP contribution in [0.5, 0.6) is 0 Å². The number of hydrogen-bond donors (Lipinski definition) is 3. The van der Waals surface area contributed by atoms with Gasteiger partial charge in [0, 0.05) is 0 Å². The number of nitrogen functional groups attached to an aromatic ring is 1. The molecule has 20 heavy (non-hydrogen) atoms. The summed E-state index contributed by atoms with van der Waals surface area (Å²) in [6.07, 6.45) is -1.72. The maximum Gasteiger partial charge on any atom is 0.311 e. The molecule has 4 atom stereocenters. The second-order valence-electron chi connectivity index (χ2n) is 4.61. The van der Waals surface area contributed by atoms with Crippen molar-refractivity contribution in [3.05, 3.63) is 15.9 Å². The maximum absolute atomic E-state index is 12.1. The van der Waals surface area contributed by atoms with Gasteiger partial charge in [-0.3, -0.25) is 9.36 Å². The van der Waals surface area contributed by atoms with Crippen molar-refractivity contribution in [1.29, 1.82) is 0 Å². The van der Waals surface area contributed by atoms with E-state index in [-0.39, 0.29) is 10.8 Å². The molecule has 2 aromatic heterocycles. The summed E-state index contributed by atoms with van der Waals surface area (Å²) < 4.78 is 7.35. The second kappa shape index (κ2) is 4.77. The fraction of sp³-hybridized carbons (Fsp3) is 0.545. The predicted molar refractivity (Wildman–Crippen MR) is 72.3 cm³/mol. The van der Waals surface area contributed by atoms with Crippen LogP contribution in [0.25, 0.3) is 10.3 Å². The number of aromatic nitrogens is 3. The van der Waals surface area contributed by atoms with E-state index in [1.54, 1.807) is 0 Å². The molecule has 0 bridgehead atoms. The smallest absolute Gasteiger partial charge is 0.311 e. The molecule has 1 aliphatic rings. The van der Waals surface area contributed by atoms with Gasteiger partial charge in [0.1, 0.15) is 12.2 Å². The molecule has 0 amide bonds. The van der Waals surface area contributed by atoms with Gasteiger partial charge in [0.15, 0.2) is 11.9 Å². The maximum atomic E-state index is 12.1. The summed E-state index contributed by atoms with van der Waals surface area (Å²) >= 11 is 0.941. The summed E-state index contributed by atoms with van der Waals surface area (Å²) in [4.78, 5) is 19.6. The Morgan fingerprint density at radius 2 is 2.25 bits per heavy atom. The van der Waals surface area contributed by atoms with Crippen LogP contribution in [-0.4, -0.2) is 43.1 Å². The van der Waals surface area contributed by atoms with Crippen LogP contribution in [0.3, 0.4) is 0 Å². The summed E-state index contributed by atoms with van der Waals surface area (Å²) in [6.45, 7) is 1.83. The van der Waals surface area contributed by atoms with E-state index in [0.717, 1.165) is 11.3 Å². The number of nitrogens with two attached hydrogens (primary N) is 1. The van der Waals surface area contributed by atoms with Crippen LogP contribution in [0, 0.1) is 0 Å². The fourth-order valence-corrected chi connectivity index (χ4v) is 3.17. The van der Waals surface area contributed by atoms with Crippen molar-refractivity contribution in [2.75, 3.05) is 5.73 Å². The van der Waals surface area contributed by atoms with Crippen molar-refractivity contribution < 1.29 is 14.9 Å². The molecule has 8 nitrogen and oxygen atoms in total. The second-order valence-corrected chi connectivity index (χ2v) is 5.60. The first-order valence-corrected chi connectivity index (χ1v) is 6.99. The van der Waals surface area contributed by atoms with Crippen molar-refractivity contribution in [2.24, 2.45) is 0 Å². The average Bonchev–Trinajstić information content (AvgIpc) is 2.88. The lowest BCUT2D eigenvalue weighted by Gasteiger charge is -2.15. The molecule has 0 aliphatic carbocycles. The zero-order chi connectivity index (χ0) is 14.4. The standard InChI is InChI=1S/C11H14N4O4S/c1-2-4-6(16)7(17)9(19-4)15-8-5(20-11(15)18)3-13-10(12)14-8/h3-4,6-7,9,16-17H,2H2,1H3,(H2,12,13,14)/t4-,6-,7-,9-/m1/s1. The Morgan fingerprint density at radius 1 is 1.50 bits per heavy atom. The van der Waals surface area contributed by atoms with E-state index in [2.05, 4.69) is 9.97 Å². The third-order valence-corrected chi connectivity index (χ3v) is 4.25. The Hall–Kier alpha value is -1.55. The third-order valence-electron chi connectivity index (χ3n) is 3.37. The van der Waals surface area contributed by atoms with Crippen LogP contribution in [0.15, 0.2) is 11.0 Å². The molecule has 0 spiro atoms. The molecule has 4 N–H and O–H groups in total. The van der Waals surface area contributed by atoms with E-state index < -0.39 is 24.5 Å². The summed E-state index contributed by atoms with van der Waals surface area (Å²) in [5, 5.41) is 20.0. The third kappa shape index (κ3) is 1.90. The molecule has 2 aromatic rings. The van der Waals surface area contributed by atoms with E-state index >= 15 is 0 Å². The number of nitrogens with zero attached hydrogens (tertiary/aromatic N) is 3. The highest BCUT2D eigenvalue weighted by Crippen LogP contribution is 2.32. The van der Waals surface area contributed by atoms with Gasteiger partial charge in [0.25, 0.3) is 0 Å². The SMILES string of the molecule is CC[C@H]1O[C@@H](n2c(=O)sc3cnc(N)nc32)[C@H](O)[C@@H]1O. The Labute approximate surface area is 117 Å². The number of ether oxygens (including phenoxy) is 1. The molecule has 3 rings (SSSR count). The number of aliphatic hydroxyl groups is 2. The molecule has 0 radical (unpaired) electrons. The average molecular weight is 298 g/mol. The molecule has 1 saturated heterocycles. The van der Waals surface area contributed by atoms with Crippen molar-refractivity contribution in [1.82, 2.24) is 14.5 Å². The molecule has 1 aliphatic heterocycles. The van der Waals surface area contributed by atoms with Crippen molar-refractivity contribution in [2.45, 2.75) is 37.9 Å². The van der Waals surface area contributed by atoms with Crippen molar-refractivity contribution in [3.63, 3.8) is 0 Å². The molecule has 0 saturated carbocycles. The molecule has 9 heteroatoms. The van der Waals surface area contributed by atoms with Crippen LogP contribution in [0.1, 0.15) is 19.6 Å². The number of hydrogen-bond acceptors (Lipinski definition) is 8. The van der Waals surface area contributed by atoms with E-state index in [0.29, 0.717) is 16.8 Å². The van der Waals surface area contributed by atoms with E-state index in [1.807, 2.05) is 6.92 Å². The minimum absolute atomic E-state index is 0.0316. The van der Waals surface area contributed by atoms with Gasteiger partial charge in [-0.1, -0.05) is 18.3 Å². The number of thiazole rings is 1. The molecule has 1 fully saturated rings. The zero-order valence-electron chi connectivity index (χ0n) is 10.6. The van der Waals surface area contributed by atoms with Gasteiger partial charge in [0.2, 0.25) is 5.95 Å². The molecular formula is C11H14N4O4S. The van der Waals surface area contributed by atoms with Crippen LogP contribution in [0.4, 0.5) is 5.95 Å². The Kier molecular flexibility index (Phi) is 3.21. The van der Waals surface area contributed by atoms with E-state index in [9.17, 15) is 15.0 Å². The highest BCUT2D eigenvalue weighted by atomic mass is 32.1. The van der Waals surface area contributed by atoms with Crippen molar-refractivity contribution >= 4 is 27.6 Å². The van der Waals surface area contributed by atoms with Gasteiger partial charge in [-0.2, -0.15) is 4.98 Å². The predicted octanol–water partition coefficient (Wildman–Crippen LogP) is -0.536. The fourth-order valence-electron chi connectivity index (χ4n) is 2.35.